The maximum absolute atomic E-state index is 11.9. The van der Waals surface area contributed by atoms with Crippen molar-refractivity contribution < 1.29 is 14.7 Å². The van der Waals surface area contributed by atoms with Gasteiger partial charge in [0.15, 0.2) is 0 Å². The third kappa shape index (κ3) is 5.12. The number of benzene rings is 1. The van der Waals surface area contributed by atoms with E-state index in [2.05, 4.69) is 5.32 Å². The van der Waals surface area contributed by atoms with Crippen molar-refractivity contribution >= 4 is 11.9 Å². The van der Waals surface area contributed by atoms with Gasteiger partial charge in [-0.3, -0.25) is 4.79 Å². The number of hydrogen-bond donors (Lipinski definition) is 2. The molecule has 19 heavy (non-hydrogen) atoms. The molecule has 1 amide bonds. The molecule has 1 aromatic carbocycles. The number of amides is 1. The molecule has 0 fully saturated rings. The Morgan fingerprint density at radius 1 is 1.26 bits per heavy atom. The molecule has 0 bridgehead atoms. The lowest BCUT2D eigenvalue weighted by atomic mass is 10.0. The van der Waals surface area contributed by atoms with Gasteiger partial charge in [-0.1, -0.05) is 38.1 Å². The number of aryl methyl sites for hydroxylation is 1. The summed E-state index contributed by atoms with van der Waals surface area (Å²) in [6, 6.07) is 6.79. The summed E-state index contributed by atoms with van der Waals surface area (Å²) < 4.78 is 0. The van der Waals surface area contributed by atoms with Crippen LogP contribution in [0.25, 0.3) is 0 Å². The van der Waals surface area contributed by atoms with Gasteiger partial charge in [0.2, 0.25) is 5.91 Å². The molecule has 2 N–H and O–H groups in total. The van der Waals surface area contributed by atoms with Gasteiger partial charge >= 0.3 is 5.97 Å². The van der Waals surface area contributed by atoms with Crippen LogP contribution in [0.2, 0.25) is 0 Å². The normalized spacial score (nSPS) is 12.2. The zero-order valence-corrected chi connectivity index (χ0v) is 11.6. The fourth-order valence-corrected chi connectivity index (χ4v) is 1.92. The van der Waals surface area contributed by atoms with Crippen molar-refractivity contribution in [2.45, 2.75) is 39.7 Å². The van der Waals surface area contributed by atoms with Crippen molar-refractivity contribution in [1.29, 1.82) is 0 Å². The highest BCUT2D eigenvalue weighted by Crippen LogP contribution is 2.09. The van der Waals surface area contributed by atoms with E-state index in [4.69, 9.17) is 5.11 Å². The highest BCUT2D eigenvalue weighted by molar-refractivity contribution is 5.85. The Labute approximate surface area is 113 Å². The molecule has 0 aliphatic rings. The first-order chi connectivity index (χ1) is 8.90. The number of aliphatic carboxylic acids is 1. The van der Waals surface area contributed by atoms with Gasteiger partial charge in [0.25, 0.3) is 0 Å². The molecule has 104 valence electrons. The van der Waals surface area contributed by atoms with Crippen molar-refractivity contribution in [3.63, 3.8) is 0 Å². The molecule has 4 heteroatoms. The summed E-state index contributed by atoms with van der Waals surface area (Å²) in [5.74, 6) is -1.01. The minimum atomic E-state index is -0.980. The van der Waals surface area contributed by atoms with Crippen LogP contribution in [-0.4, -0.2) is 23.0 Å². The van der Waals surface area contributed by atoms with Crippen molar-refractivity contribution in [2.75, 3.05) is 0 Å². The largest absolute Gasteiger partial charge is 0.480 e. The first-order valence-corrected chi connectivity index (χ1v) is 6.46. The van der Waals surface area contributed by atoms with Crippen molar-refractivity contribution in [1.82, 2.24) is 5.32 Å². The number of hydrogen-bond acceptors (Lipinski definition) is 2. The van der Waals surface area contributed by atoms with Gasteiger partial charge in [0, 0.05) is 0 Å². The van der Waals surface area contributed by atoms with E-state index in [1.54, 1.807) is 0 Å². The van der Waals surface area contributed by atoms with E-state index in [1.807, 2.05) is 45.0 Å². The number of carbonyl (C=O) groups excluding carboxylic acids is 1. The fraction of sp³-hybridized carbons (Fsp3) is 0.467. The van der Waals surface area contributed by atoms with Gasteiger partial charge in [-0.05, 0) is 30.4 Å². The molecule has 0 heterocycles. The molecule has 1 rings (SSSR count). The predicted octanol–water partition coefficient (Wildman–Crippen LogP) is 2.15. The molecular formula is C15H21NO3. The van der Waals surface area contributed by atoms with Crippen molar-refractivity contribution in [2.24, 2.45) is 5.92 Å². The van der Waals surface area contributed by atoms with Gasteiger partial charge in [-0.2, -0.15) is 0 Å². The van der Waals surface area contributed by atoms with E-state index in [0.717, 1.165) is 11.1 Å². The highest BCUT2D eigenvalue weighted by Gasteiger charge is 2.21. The quantitative estimate of drug-likeness (QED) is 0.826. The van der Waals surface area contributed by atoms with Gasteiger partial charge < -0.3 is 10.4 Å². The van der Waals surface area contributed by atoms with E-state index < -0.39 is 12.0 Å². The van der Waals surface area contributed by atoms with Crippen LogP contribution in [0, 0.1) is 12.8 Å². The number of nitrogens with one attached hydrogen (secondary N) is 1. The lowest BCUT2D eigenvalue weighted by Gasteiger charge is -2.16. The second kappa shape index (κ2) is 6.92. The average molecular weight is 263 g/mol. The van der Waals surface area contributed by atoms with Crippen molar-refractivity contribution in [3.8, 4) is 0 Å². The maximum Gasteiger partial charge on any atom is 0.326 e. The Hall–Kier alpha value is -1.84. The Kier molecular flexibility index (Phi) is 5.55. The van der Waals surface area contributed by atoms with Crippen LogP contribution in [0.4, 0.5) is 0 Å². The van der Waals surface area contributed by atoms with E-state index in [9.17, 15) is 9.59 Å². The zero-order chi connectivity index (χ0) is 14.4. The molecule has 1 atom stereocenters. The third-order valence-corrected chi connectivity index (χ3v) is 2.95. The second-order valence-corrected chi connectivity index (χ2v) is 5.19. The monoisotopic (exact) mass is 263 g/mol. The highest BCUT2D eigenvalue weighted by atomic mass is 16.4. The summed E-state index contributed by atoms with van der Waals surface area (Å²) in [5, 5.41) is 11.7. The standard InChI is InChI=1S/C15H21NO3/c1-10(2)8-13(15(18)19)16-14(17)9-12-7-5-4-6-11(12)3/h4-7,10,13H,8-9H2,1-3H3,(H,16,17)(H,18,19). The number of carboxylic acids is 1. The SMILES string of the molecule is Cc1ccccc1CC(=O)NC(CC(C)C)C(=O)O. The van der Waals surface area contributed by atoms with Gasteiger partial charge in [-0.25, -0.2) is 4.79 Å². The molecule has 1 aromatic rings. The number of carbonyl (C=O) groups is 2. The Morgan fingerprint density at radius 2 is 1.89 bits per heavy atom. The summed E-state index contributed by atoms with van der Waals surface area (Å²) >= 11 is 0. The molecule has 4 nitrogen and oxygen atoms in total. The predicted molar refractivity (Wildman–Crippen MR) is 73.9 cm³/mol. The summed E-state index contributed by atoms with van der Waals surface area (Å²) in [5.41, 5.74) is 1.96. The smallest absolute Gasteiger partial charge is 0.326 e. The third-order valence-electron chi connectivity index (χ3n) is 2.95. The summed E-state index contributed by atoms with van der Waals surface area (Å²) in [6.45, 7) is 5.80. The average Bonchev–Trinajstić information content (AvgIpc) is 2.30. The minimum Gasteiger partial charge on any atom is -0.480 e. The van der Waals surface area contributed by atoms with Crippen LogP contribution in [0.15, 0.2) is 24.3 Å². The second-order valence-electron chi connectivity index (χ2n) is 5.19. The van der Waals surface area contributed by atoms with Crippen LogP contribution >= 0.6 is 0 Å². The zero-order valence-electron chi connectivity index (χ0n) is 11.6. The van der Waals surface area contributed by atoms with Crippen LogP contribution < -0.4 is 5.32 Å². The van der Waals surface area contributed by atoms with Gasteiger partial charge in [0.1, 0.15) is 6.04 Å². The van der Waals surface area contributed by atoms with Gasteiger partial charge in [-0.15, -0.1) is 0 Å². The molecule has 0 aliphatic heterocycles. The Bertz CT molecular complexity index is 454. The maximum atomic E-state index is 11.9. The first-order valence-electron chi connectivity index (χ1n) is 6.46. The Morgan fingerprint density at radius 3 is 2.42 bits per heavy atom. The van der Waals surface area contributed by atoms with E-state index in [0.29, 0.717) is 6.42 Å². The molecule has 0 saturated heterocycles. The number of rotatable bonds is 6. The van der Waals surface area contributed by atoms with Crippen LogP contribution in [0.5, 0.6) is 0 Å². The minimum absolute atomic E-state index is 0.217. The molecule has 1 unspecified atom stereocenters. The summed E-state index contributed by atoms with van der Waals surface area (Å²) in [6.07, 6.45) is 0.656. The van der Waals surface area contributed by atoms with Crippen LogP contribution in [0.1, 0.15) is 31.4 Å². The van der Waals surface area contributed by atoms with E-state index >= 15 is 0 Å². The lowest BCUT2D eigenvalue weighted by Crippen LogP contribution is -2.42. The van der Waals surface area contributed by atoms with Crippen LogP contribution in [0.3, 0.4) is 0 Å². The summed E-state index contributed by atoms with van der Waals surface area (Å²) in [4.78, 5) is 23.0. The van der Waals surface area contributed by atoms with Gasteiger partial charge in [0.05, 0.1) is 6.42 Å². The number of carboxylic acid groups (broad SMARTS) is 1. The fourth-order valence-electron chi connectivity index (χ4n) is 1.92. The van der Waals surface area contributed by atoms with E-state index in [1.165, 1.54) is 0 Å². The lowest BCUT2D eigenvalue weighted by molar-refractivity contribution is -0.142. The van der Waals surface area contributed by atoms with Crippen molar-refractivity contribution in [3.05, 3.63) is 35.4 Å². The first kappa shape index (κ1) is 15.2. The molecule has 0 saturated carbocycles. The molecule has 0 spiro atoms. The topological polar surface area (TPSA) is 66.4 Å². The molecule has 0 aromatic heterocycles. The molecular weight excluding hydrogens is 242 g/mol. The Balaban J connectivity index is 2.63. The molecule has 0 radical (unpaired) electrons. The summed E-state index contributed by atoms with van der Waals surface area (Å²) in [7, 11) is 0. The van der Waals surface area contributed by atoms with E-state index in [-0.39, 0.29) is 18.2 Å². The van der Waals surface area contributed by atoms with Crippen LogP contribution in [-0.2, 0) is 16.0 Å². The molecule has 0 aliphatic carbocycles.